The number of nitrogens with two attached hydrogens (primary N) is 1. The summed E-state index contributed by atoms with van der Waals surface area (Å²) >= 11 is 7.46. The van der Waals surface area contributed by atoms with Crippen molar-refractivity contribution in [1.29, 1.82) is 0 Å². The highest BCUT2D eigenvalue weighted by Gasteiger charge is 2.18. The number of hydrogen-bond acceptors (Lipinski definition) is 5. The molecule has 0 fully saturated rings. The Bertz CT molecular complexity index is 678. The van der Waals surface area contributed by atoms with Crippen LogP contribution in [-0.4, -0.2) is 10.1 Å². The molecular formula is C12H8ClN3OS. The Hall–Kier alpha value is -1.85. The predicted octanol–water partition coefficient (Wildman–Crippen LogP) is 3.70. The summed E-state index contributed by atoms with van der Waals surface area (Å²) in [5.41, 5.74) is 9.23. The first-order valence-electron chi connectivity index (χ1n) is 5.15. The first kappa shape index (κ1) is 11.3. The van der Waals surface area contributed by atoms with Crippen molar-refractivity contribution < 1.29 is 4.52 Å². The molecule has 0 aliphatic carbocycles. The monoisotopic (exact) mass is 277 g/mol. The van der Waals surface area contributed by atoms with E-state index in [0.717, 1.165) is 16.0 Å². The van der Waals surface area contributed by atoms with Crippen LogP contribution >= 0.6 is 22.9 Å². The van der Waals surface area contributed by atoms with Gasteiger partial charge in [-0.2, -0.15) is 0 Å². The van der Waals surface area contributed by atoms with Gasteiger partial charge in [0.1, 0.15) is 0 Å². The Balaban J connectivity index is 2.20. The molecule has 3 aromatic rings. The number of benzene rings is 1. The lowest BCUT2D eigenvalue weighted by atomic mass is 10.1. The van der Waals surface area contributed by atoms with E-state index in [4.69, 9.17) is 21.9 Å². The summed E-state index contributed by atoms with van der Waals surface area (Å²) in [6.07, 6.45) is 1.72. The Morgan fingerprint density at radius 3 is 2.94 bits per heavy atom. The van der Waals surface area contributed by atoms with Crippen LogP contribution < -0.4 is 5.73 Å². The number of anilines is 1. The number of rotatable bonds is 2. The van der Waals surface area contributed by atoms with Crippen LogP contribution in [0.3, 0.4) is 0 Å². The molecule has 2 N–H and O–H groups in total. The van der Waals surface area contributed by atoms with Crippen molar-refractivity contribution in [3.05, 3.63) is 41.0 Å². The van der Waals surface area contributed by atoms with Crippen molar-refractivity contribution in [2.24, 2.45) is 0 Å². The highest BCUT2D eigenvalue weighted by atomic mass is 35.5. The fraction of sp³-hybridized carbons (Fsp3) is 0. The topological polar surface area (TPSA) is 64.9 Å². The molecule has 0 bridgehead atoms. The van der Waals surface area contributed by atoms with Gasteiger partial charge in [0.2, 0.25) is 0 Å². The standard InChI is InChI=1S/C12H8ClN3OS/c13-8-3-1-2-7(4-8)10-11(17-16-12(10)14)9-5-15-6-18-9/h1-6H,(H2,14,16). The molecule has 1 aromatic carbocycles. The third-order valence-corrected chi connectivity index (χ3v) is 3.49. The predicted molar refractivity (Wildman–Crippen MR) is 72.5 cm³/mol. The van der Waals surface area contributed by atoms with Crippen LogP contribution in [0.4, 0.5) is 5.82 Å². The first-order valence-corrected chi connectivity index (χ1v) is 6.41. The minimum Gasteiger partial charge on any atom is -0.380 e. The third-order valence-electron chi connectivity index (χ3n) is 2.49. The van der Waals surface area contributed by atoms with E-state index in [1.807, 2.05) is 18.2 Å². The Kier molecular flexibility index (Phi) is 2.77. The SMILES string of the molecule is Nc1noc(-c2cncs2)c1-c1cccc(Cl)c1. The lowest BCUT2D eigenvalue weighted by molar-refractivity contribution is 0.437. The zero-order valence-electron chi connectivity index (χ0n) is 9.13. The summed E-state index contributed by atoms with van der Waals surface area (Å²) in [5.74, 6) is 0.970. The molecule has 2 aromatic heterocycles. The molecule has 0 unspecified atom stereocenters. The van der Waals surface area contributed by atoms with Gasteiger partial charge in [-0.15, -0.1) is 11.3 Å². The maximum absolute atomic E-state index is 5.99. The van der Waals surface area contributed by atoms with Crippen LogP contribution in [0.1, 0.15) is 0 Å². The van der Waals surface area contributed by atoms with Crippen molar-refractivity contribution in [3.8, 4) is 21.8 Å². The number of nitrogens with zero attached hydrogens (tertiary/aromatic N) is 2. The van der Waals surface area contributed by atoms with Crippen LogP contribution in [0.25, 0.3) is 21.8 Å². The number of nitrogen functional groups attached to an aromatic ring is 1. The molecular weight excluding hydrogens is 270 g/mol. The highest BCUT2D eigenvalue weighted by Crippen LogP contribution is 2.38. The minimum absolute atomic E-state index is 0.348. The van der Waals surface area contributed by atoms with E-state index in [9.17, 15) is 0 Å². The molecule has 3 rings (SSSR count). The summed E-state index contributed by atoms with van der Waals surface area (Å²) < 4.78 is 5.29. The molecule has 0 aliphatic rings. The molecule has 90 valence electrons. The van der Waals surface area contributed by atoms with E-state index in [0.29, 0.717) is 16.6 Å². The lowest BCUT2D eigenvalue weighted by Crippen LogP contribution is -1.88. The van der Waals surface area contributed by atoms with Crippen LogP contribution in [0.2, 0.25) is 5.02 Å². The van der Waals surface area contributed by atoms with Crippen molar-refractivity contribution >= 4 is 28.8 Å². The second-order valence-corrected chi connectivity index (χ2v) is 4.97. The minimum atomic E-state index is 0.348. The van der Waals surface area contributed by atoms with Gasteiger partial charge in [-0.1, -0.05) is 28.9 Å². The molecule has 2 heterocycles. The van der Waals surface area contributed by atoms with Crippen molar-refractivity contribution in [3.63, 3.8) is 0 Å². The average molecular weight is 278 g/mol. The van der Waals surface area contributed by atoms with Gasteiger partial charge in [-0.3, -0.25) is 4.98 Å². The molecule has 0 atom stereocenters. The van der Waals surface area contributed by atoms with E-state index in [-0.39, 0.29) is 0 Å². The van der Waals surface area contributed by atoms with Gasteiger partial charge >= 0.3 is 0 Å². The molecule has 0 aliphatic heterocycles. The molecule has 0 radical (unpaired) electrons. The quantitative estimate of drug-likeness (QED) is 0.776. The van der Waals surface area contributed by atoms with E-state index in [1.54, 1.807) is 17.8 Å². The van der Waals surface area contributed by atoms with E-state index < -0.39 is 0 Å². The molecule has 0 spiro atoms. The van der Waals surface area contributed by atoms with E-state index >= 15 is 0 Å². The van der Waals surface area contributed by atoms with Gasteiger partial charge in [-0.05, 0) is 17.7 Å². The van der Waals surface area contributed by atoms with Crippen LogP contribution in [0, 0.1) is 0 Å². The Morgan fingerprint density at radius 2 is 2.22 bits per heavy atom. The largest absolute Gasteiger partial charge is 0.380 e. The van der Waals surface area contributed by atoms with Crippen molar-refractivity contribution in [1.82, 2.24) is 10.1 Å². The van der Waals surface area contributed by atoms with Crippen LogP contribution in [-0.2, 0) is 0 Å². The molecule has 0 saturated heterocycles. The zero-order chi connectivity index (χ0) is 12.5. The lowest BCUT2D eigenvalue weighted by Gasteiger charge is -2.01. The van der Waals surface area contributed by atoms with Crippen LogP contribution in [0.15, 0.2) is 40.5 Å². The second kappa shape index (κ2) is 4.44. The number of thiazole rings is 1. The first-order chi connectivity index (χ1) is 8.75. The summed E-state index contributed by atoms with van der Waals surface area (Å²) in [7, 11) is 0. The van der Waals surface area contributed by atoms with Gasteiger partial charge in [0.25, 0.3) is 0 Å². The maximum Gasteiger partial charge on any atom is 0.188 e. The second-order valence-electron chi connectivity index (χ2n) is 3.65. The molecule has 4 nitrogen and oxygen atoms in total. The summed E-state index contributed by atoms with van der Waals surface area (Å²) in [4.78, 5) is 4.91. The van der Waals surface area contributed by atoms with Crippen molar-refractivity contribution in [2.45, 2.75) is 0 Å². The molecule has 18 heavy (non-hydrogen) atoms. The fourth-order valence-corrected chi connectivity index (χ4v) is 2.52. The van der Waals surface area contributed by atoms with Gasteiger partial charge in [0.05, 0.1) is 16.0 Å². The summed E-state index contributed by atoms with van der Waals surface area (Å²) in [6.45, 7) is 0. The fourth-order valence-electron chi connectivity index (χ4n) is 1.72. The molecule has 0 amide bonds. The normalized spacial score (nSPS) is 10.7. The number of halogens is 1. The Labute approximate surface area is 112 Å². The van der Waals surface area contributed by atoms with Crippen LogP contribution in [0.5, 0.6) is 0 Å². The zero-order valence-corrected chi connectivity index (χ0v) is 10.7. The van der Waals surface area contributed by atoms with Gasteiger partial charge < -0.3 is 10.3 Å². The van der Waals surface area contributed by atoms with E-state index in [1.165, 1.54) is 11.3 Å². The summed E-state index contributed by atoms with van der Waals surface area (Å²) in [6, 6.07) is 7.41. The maximum atomic E-state index is 5.99. The van der Waals surface area contributed by atoms with Crippen molar-refractivity contribution in [2.75, 3.05) is 5.73 Å². The number of aromatic nitrogens is 2. The smallest absolute Gasteiger partial charge is 0.188 e. The van der Waals surface area contributed by atoms with Gasteiger partial charge in [0.15, 0.2) is 11.6 Å². The number of hydrogen-bond donors (Lipinski definition) is 1. The van der Waals surface area contributed by atoms with Gasteiger partial charge in [0, 0.05) is 11.2 Å². The summed E-state index contributed by atoms with van der Waals surface area (Å²) in [5, 5.41) is 4.46. The highest BCUT2D eigenvalue weighted by molar-refractivity contribution is 7.13. The van der Waals surface area contributed by atoms with Gasteiger partial charge in [-0.25, -0.2) is 0 Å². The van der Waals surface area contributed by atoms with E-state index in [2.05, 4.69) is 10.1 Å². The molecule has 6 heteroatoms. The third kappa shape index (κ3) is 1.87. The average Bonchev–Trinajstić information content (AvgIpc) is 2.97. The molecule has 0 saturated carbocycles. The Morgan fingerprint density at radius 1 is 1.33 bits per heavy atom.